The molecule has 0 saturated carbocycles. The Morgan fingerprint density at radius 1 is 1.30 bits per heavy atom. The van der Waals surface area contributed by atoms with E-state index >= 15 is 0 Å². The molecule has 1 saturated heterocycles. The van der Waals surface area contributed by atoms with E-state index in [4.69, 9.17) is 0 Å². The molecule has 1 aromatic carbocycles. The van der Waals surface area contributed by atoms with E-state index in [9.17, 15) is 5.11 Å². The fourth-order valence-corrected chi connectivity index (χ4v) is 2.73. The minimum absolute atomic E-state index is 0.608. The topological polar surface area (TPSA) is 67.1 Å². The van der Waals surface area contributed by atoms with Crippen LogP contribution in [-0.4, -0.2) is 48.9 Å². The summed E-state index contributed by atoms with van der Waals surface area (Å²) >= 11 is 0. The number of piperidine rings is 1. The number of aliphatic hydroxyl groups is 1. The van der Waals surface area contributed by atoms with Gasteiger partial charge in [-0.2, -0.15) is 4.68 Å². The van der Waals surface area contributed by atoms with Crippen molar-refractivity contribution in [2.45, 2.75) is 31.9 Å². The van der Waals surface area contributed by atoms with Gasteiger partial charge in [-0.3, -0.25) is 4.90 Å². The molecule has 20 heavy (non-hydrogen) atoms. The zero-order chi connectivity index (χ0) is 14.0. The van der Waals surface area contributed by atoms with Crippen LogP contribution < -0.4 is 0 Å². The highest BCUT2D eigenvalue weighted by Gasteiger charge is 2.29. The van der Waals surface area contributed by atoms with Crippen LogP contribution in [0.5, 0.6) is 0 Å². The van der Waals surface area contributed by atoms with Gasteiger partial charge < -0.3 is 5.11 Å². The van der Waals surface area contributed by atoms with Crippen molar-refractivity contribution in [3.05, 3.63) is 36.2 Å². The first-order valence-electron chi connectivity index (χ1n) is 6.91. The summed E-state index contributed by atoms with van der Waals surface area (Å²) in [5.74, 6) is 0.800. The second-order valence-corrected chi connectivity index (χ2v) is 5.65. The second-order valence-electron chi connectivity index (χ2n) is 5.65. The van der Waals surface area contributed by atoms with Gasteiger partial charge >= 0.3 is 0 Å². The van der Waals surface area contributed by atoms with Crippen LogP contribution in [0.2, 0.25) is 0 Å². The van der Waals surface area contributed by atoms with Crippen molar-refractivity contribution in [1.82, 2.24) is 25.1 Å². The number of benzene rings is 1. The molecule has 3 rings (SSSR count). The van der Waals surface area contributed by atoms with Crippen LogP contribution in [0, 0.1) is 0 Å². The molecule has 0 aliphatic carbocycles. The number of hydrogen-bond donors (Lipinski definition) is 1. The maximum Gasteiger partial charge on any atom is 0.170 e. The highest BCUT2D eigenvalue weighted by molar-refractivity contribution is 5.30. The Kier molecular flexibility index (Phi) is 3.50. The third-order valence-electron chi connectivity index (χ3n) is 3.65. The number of para-hydroxylation sites is 1. The molecule has 1 aromatic heterocycles. The van der Waals surface area contributed by atoms with Crippen LogP contribution in [0.15, 0.2) is 30.3 Å². The first-order valence-corrected chi connectivity index (χ1v) is 6.91. The lowest BCUT2D eigenvalue weighted by Crippen LogP contribution is -2.45. The van der Waals surface area contributed by atoms with Gasteiger partial charge in [-0.15, -0.1) is 5.10 Å². The van der Waals surface area contributed by atoms with Gasteiger partial charge in [-0.25, -0.2) is 0 Å². The maximum atomic E-state index is 10.2. The van der Waals surface area contributed by atoms with Crippen LogP contribution in [0.4, 0.5) is 0 Å². The lowest BCUT2D eigenvalue weighted by molar-refractivity contribution is -0.0190. The zero-order valence-corrected chi connectivity index (χ0v) is 11.6. The van der Waals surface area contributed by atoms with Gasteiger partial charge in [0.2, 0.25) is 0 Å². The molecule has 2 heterocycles. The third-order valence-corrected chi connectivity index (χ3v) is 3.65. The molecule has 6 heteroatoms. The molecule has 0 amide bonds. The van der Waals surface area contributed by atoms with E-state index in [1.807, 2.05) is 37.3 Å². The Hall–Kier alpha value is -1.79. The van der Waals surface area contributed by atoms with E-state index in [0.29, 0.717) is 13.1 Å². The predicted molar refractivity (Wildman–Crippen MR) is 74.3 cm³/mol. The van der Waals surface area contributed by atoms with Crippen molar-refractivity contribution in [2.75, 3.05) is 13.1 Å². The van der Waals surface area contributed by atoms with Gasteiger partial charge in [0.15, 0.2) is 5.82 Å². The fourth-order valence-electron chi connectivity index (χ4n) is 2.73. The third kappa shape index (κ3) is 2.86. The standard InChI is InChI=1S/C14H19N5O/c1-14(20)8-5-9-18(11-14)10-13-15-16-17-19(13)12-6-3-2-4-7-12/h2-4,6-7,20H,5,8-11H2,1H3. The number of β-amino-alcohol motifs (C(OH)–C–C–N with tert-alkyl or cyclic N) is 1. The summed E-state index contributed by atoms with van der Waals surface area (Å²) in [6.07, 6.45) is 1.85. The summed E-state index contributed by atoms with van der Waals surface area (Å²) in [5, 5.41) is 22.1. The van der Waals surface area contributed by atoms with E-state index in [2.05, 4.69) is 20.4 Å². The molecule has 0 spiro atoms. The number of nitrogens with zero attached hydrogens (tertiary/aromatic N) is 5. The first-order chi connectivity index (χ1) is 9.64. The Labute approximate surface area is 118 Å². The number of rotatable bonds is 3. The van der Waals surface area contributed by atoms with Gasteiger partial charge in [0.25, 0.3) is 0 Å². The summed E-state index contributed by atoms with van der Waals surface area (Å²) < 4.78 is 1.75. The summed E-state index contributed by atoms with van der Waals surface area (Å²) in [6, 6.07) is 9.85. The zero-order valence-electron chi connectivity index (χ0n) is 11.6. The number of hydrogen-bond acceptors (Lipinski definition) is 5. The molecule has 2 aromatic rings. The average Bonchev–Trinajstić information content (AvgIpc) is 2.87. The van der Waals surface area contributed by atoms with Crippen molar-refractivity contribution < 1.29 is 5.11 Å². The Morgan fingerprint density at radius 3 is 2.85 bits per heavy atom. The highest BCUT2D eigenvalue weighted by atomic mass is 16.3. The molecule has 6 nitrogen and oxygen atoms in total. The monoisotopic (exact) mass is 273 g/mol. The van der Waals surface area contributed by atoms with Crippen LogP contribution in [0.25, 0.3) is 5.69 Å². The molecule has 1 unspecified atom stereocenters. The van der Waals surface area contributed by atoms with Gasteiger partial charge in [-0.05, 0) is 48.9 Å². The summed E-state index contributed by atoms with van der Waals surface area (Å²) in [4.78, 5) is 2.20. The molecule has 1 atom stereocenters. The Morgan fingerprint density at radius 2 is 2.10 bits per heavy atom. The summed E-state index contributed by atoms with van der Waals surface area (Å²) in [5.41, 5.74) is 0.347. The number of aromatic nitrogens is 4. The molecule has 1 fully saturated rings. The normalized spacial score (nSPS) is 23.9. The van der Waals surface area contributed by atoms with Crippen LogP contribution in [0.1, 0.15) is 25.6 Å². The molecule has 1 N–H and O–H groups in total. The maximum absolute atomic E-state index is 10.2. The van der Waals surface area contributed by atoms with Crippen LogP contribution >= 0.6 is 0 Å². The quantitative estimate of drug-likeness (QED) is 0.904. The highest BCUT2D eigenvalue weighted by Crippen LogP contribution is 2.21. The lowest BCUT2D eigenvalue weighted by atomic mass is 9.95. The number of tetrazole rings is 1. The van der Waals surface area contributed by atoms with E-state index in [1.54, 1.807) is 4.68 Å². The molecular formula is C14H19N5O. The Bertz CT molecular complexity index is 566. The van der Waals surface area contributed by atoms with E-state index in [-0.39, 0.29) is 0 Å². The van der Waals surface area contributed by atoms with Gasteiger partial charge in [0.1, 0.15) is 0 Å². The van der Waals surface area contributed by atoms with Crippen molar-refractivity contribution >= 4 is 0 Å². The van der Waals surface area contributed by atoms with Crippen molar-refractivity contribution in [1.29, 1.82) is 0 Å². The fraction of sp³-hybridized carbons (Fsp3) is 0.500. The summed E-state index contributed by atoms with van der Waals surface area (Å²) in [7, 11) is 0. The van der Waals surface area contributed by atoms with Crippen LogP contribution in [-0.2, 0) is 6.54 Å². The molecule has 1 aliphatic heterocycles. The summed E-state index contributed by atoms with van der Waals surface area (Å²) in [6.45, 7) is 4.17. The Balaban J connectivity index is 1.77. The molecule has 1 aliphatic rings. The largest absolute Gasteiger partial charge is 0.389 e. The van der Waals surface area contributed by atoms with Crippen molar-refractivity contribution in [3.63, 3.8) is 0 Å². The van der Waals surface area contributed by atoms with E-state index < -0.39 is 5.60 Å². The first kappa shape index (κ1) is 13.2. The second kappa shape index (κ2) is 5.30. The van der Waals surface area contributed by atoms with Gasteiger partial charge in [0, 0.05) is 6.54 Å². The molecule has 106 valence electrons. The van der Waals surface area contributed by atoms with Gasteiger partial charge in [0.05, 0.1) is 17.8 Å². The van der Waals surface area contributed by atoms with Crippen LogP contribution in [0.3, 0.4) is 0 Å². The number of likely N-dealkylation sites (tertiary alicyclic amines) is 1. The van der Waals surface area contributed by atoms with Crippen molar-refractivity contribution in [3.8, 4) is 5.69 Å². The minimum atomic E-state index is -0.608. The van der Waals surface area contributed by atoms with E-state index in [0.717, 1.165) is 30.9 Å². The SMILES string of the molecule is CC1(O)CCCN(Cc2nnnn2-c2ccccc2)C1. The van der Waals surface area contributed by atoms with Gasteiger partial charge in [-0.1, -0.05) is 18.2 Å². The smallest absolute Gasteiger partial charge is 0.170 e. The van der Waals surface area contributed by atoms with E-state index in [1.165, 1.54) is 0 Å². The predicted octanol–water partition coefficient (Wildman–Crippen LogP) is 1.01. The average molecular weight is 273 g/mol. The molecular weight excluding hydrogens is 254 g/mol. The molecule has 0 radical (unpaired) electrons. The van der Waals surface area contributed by atoms with Crippen molar-refractivity contribution in [2.24, 2.45) is 0 Å². The molecule has 0 bridgehead atoms. The minimum Gasteiger partial charge on any atom is -0.389 e. The lowest BCUT2D eigenvalue weighted by Gasteiger charge is -2.36.